The van der Waals surface area contributed by atoms with Crippen molar-refractivity contribution in [2.75, 3.05) is 6.26 Å². The van der Waals surface area contributed by atoms with Crippen molar-refractivity contribution < 1.29 is 13.2 Å². The number of amides is 1. The standard InChI is InChI=1S/C12H16N2O3S2/c1-8(7-11(13)18)14-12(15)9-3-5-10(6-4-9)19(2,16)17/h3-6,8H,7H2,1-2H3,(H2,13,18)(H,14,15). The highest BCUT2D eigenvalue weighted by Crippen LogP contribution is 2.10. The van der Waals surface area contributed by atoms with Gasteiger partial charge in [-0.3, -0.25) is 4.79 Å². The molecule has 5 nitrogen and oxygen atoms in total. The van der Waals surface area contributed by atoms with Crippen molar-refractivity contribution in [3.8, 4) is 0 Å². The lowest BCUT2D eigenvalue weighted by Crippen LogP contribution is -2.35. The van der Waals surface area contributed by atoms with Crippen LogP contribution in [0.25, 0.3) is 0 Å². The van der Waals surface area contributed by atoms with E-state index in [-0.39, 0.29) is 16.8 Å². The Morgan fingerprint density at radius 3 is 2.32 bits per heavy atom. The number of rotatable bonds is 5. The normalized spacial score (nSPS) is 12.7. The van der Waals surface area contributed by atoms with Crippen LogP contribution in [0.1, 0.15) is 23.7 Å². The van der Waals surface area contributed by atoms with E-state index in [9.17, 15) is 13.2 Å². The second kappa shape index (κ2) is 6.12. The van der Waals surface area contributed by atoms with Crippen LogP contribution in [0.2, 0.25) is 0 Å². The zero-order valence-electron chi connectivity index (χ0n) is 10.7. The van der Waals surface area contributed by atoms with Crippen molar-refractivity contribution in [3.05, 3.63) is 29.8 Å². The quantitative estimate of drug-likeness (QED) is 0.788. The molecule has 0 saturated heterocycles. The summed E-state index contributed by atoms with van der Waals surface area (Å²) in [5.74, 6) is -0.288. The summed E-state index contributed by atoms with van der Waals surface area (Å²) in [6.07, 6.45) is 1.54. The first-order valence-corrected chi connectivity index (χ1v) is 7.89. The fourth-order valence-corrected chi connectivity index (χ4v) is 2.39. The molecule has 0 aliphatic carbocycles. The number of carbonyl (C=O) groups is 1. The van der Waals surface area contributed by atoms with Crippen molar-refractivity contribution in [1.29, 1.82) is 0 Å². The van der Waals surface area contributed by atoms with Gasteiger partial charge in [0.05, 0.1) is 9.88 Å². The number of hydrogen-bond acceptors (Lipinski definition) is 4. The van der Waals surface area contributed by atoms with Crippen LogP contribution in [-0.2, 0) is 9.84 Å². The molecule has 1 rings (SSSR count). The molecule has 0 saturated carbocycles. The molecule has 3 N–H and O–H groups in total. The third-order valence-electron chi connectivity index (χ3n) is 2.43. The van der Waals surface area contributed by atoms with E-state index in [1.807, 2.05) is 0 Å². The zero-order chi connectivity index (χ0) is 14.6. The van der Waals surface area contributed by atoms with E-state index in [1.165, 1.54) is 24.3 Å². The molecule has 1 aromatic rings. The highest BCUT2D eigenvalue weighted by atomic mass is 32.2. The minimum absolute atomic E-state index is 0.167. The van der Waals surface area contributed by atoms with Crippen LogP contribution in [-0.4, -0.2) is 31.6 Å². The number of nitrogens with two attached hydrogens (primary N) is 1. The van der Waals surface area contributed by atoms with E-state index < -0.39 is 9.84 Å². The fourth-order valence-electron chi connectivity index (χ4n) is 1.51. The molecule has 1 aromatic carbocycles. The van der Waals surface area contributed by atoms with E-state index in [2.05, 4.69) is 5.32 Å². The molecule has 1 unspecified atom stereocenters. The van der Waals surface area contributed by atoms with Crippen molar-refractivity contribution in [3.63, 3.8) is 0 Å². The second-order valence-electron chi connectivity index (χ2n) is 4.34. The topological polar surface area (TPSA) is 89.3 Å². The number of carbonyl (C=O) groups excluding carboxylic acids is 1. The molecule has 0 spiro atoms. The molecule has 0 heterocycles. The number of thiocarbonyl (C=S) groups is 1. The fraction of sp³-hybridized carbons (Fsp3) is 0.333. The van der Waals surface area contributed by atoms with Gasteiger partial charge in [0.1, 0.15) is 0 Å². The Morgan fingerprint density at radius 2 is 1.89 bits per heavy atom. The Morgan fingerprint density at radius 1 is 1.37 bits per heavy atom. The van der Waals surface area contributed by atoms with Crippen LogP contribution in [0, 0.1) is 0 Å². The van der Waals surface area contributed by atoms with E-state index in [4.69, 9.17) is 18.0 Å². The van der Waals surface area contributed by atoms with Crippen LogP contribution in [0.3, 0.4) is 0 Å². The van der Waals surface area contributed by atoms with Crippen molar-refractivity contribution in [2.24, 2.45) is 5.73 Å². The predicted molar refractivity (Wildman–Crippen MR) is 77.9 cm³/mol. The van der Waals surface area contributed by atoms with E-state index in [0.29, 0.717) is 17.0 Å². The smallest absolute Gasteiger partial charge is 0.251 e. The monoisotopic (exact) mass is 300 g/mol. The molecule has 0 aliphatic heterocycles. The molecular formula is C12H16N2O3S2. The van der Waals surface area contributed by atoms with Gasteiger partial charge >= 0.3 is 0 Å². The van der Waals surface area contributed by atoms with Gasteiger partial charge in [0.25, 0.3) is 5.91 Å². The predicted octanol–water partition coefficient (Wildman–Crippen LogP) is 0.885. The molecule has 1 amide bonds. The number of nitrogens with one attached hydrogen (secondary N) is 1. The number of hydrogen-bond donors (Lipinski definition) is 2. The summed E-state index contributed by atoms with van der Waals surface area (Å²) in [5, 5.41) is 2.73. The van der Waals surface area contributed by atoms with Gasteiger partial charge in [-0.1, -0.05) is 12.2 Å². The van der Waals surface area contributed by atoms with Crippen molar-refractivity contribution in [1.82, 2.24) is 5.32 Å². The van der Waals surface area contributed by atoms with Crippen LogP contribution in [0.5, 0.6) is 0 Å². The van der Waals surface area contributed by atoms with Crippen molar-refractivity contribution in [2.45, 2.75) is 24.3 Å². The number of sulfone groups is 1. The van der Waals surface area contributed by atoms with Crippen LogP contribution < -0.4 is 11.1 Å². The van der Waals surface area contributed by atoms with E-state index in [1.54, 1.807) is 6.92 Å². The SMILES string of the molecule is CC(CC(N)=S)NC(=O)c1ccc(S(C)(=O)=O)cc1. The third kappa shape index (κ3) is 4.96. The van der Waals surface area contributed by atoms with Crippen LogP contribution >= 0.6 is 12.2 Å². The van der Waals surface area contributed by atoms with Crippen molar-refractivity contribution >= 4 is 33.0 Å². The lowest BCUT2D eigenvalue weighted by molar-refractivity contribution is 0.0941. The van der Waals surface area contributed by atoms with E-state index >= 15 is 0 Å². The van der Waals surface area contributed by atoms with Crippen LogP contribution in [0.4, 0.5) is 0 Å². The maximum atomic E-state index is 11.9. The Kier molecular flexibility index (Phi) is 5.02. The first kappa shape index (κ1) is 15.6. The third-order valence-corrected chi connectivity index (χ3v) is 3.72. The summed E-state index contributed by atoms with van der Waals surface area (Å²) in [7, 11) is -3.25. The van der Waals surface area contributed by atoms with Crippen LogP contribution in [0.15, 0.2) is 29.2 Å². The summed E-state index contributed by atoms with van der Waals surface area (Å²) < 4.78 is 22.6. The number of benzene rings is 1. The first-order valence-electron chi connectivity index (χ1n) is 5.59. The molecule has 7 heteroatoms. The summed E-state index contributed by atoms with van der Waals surface area (Å²) in [6, 6.07) is 5.59. The van der Waals surface area contributed by atoms with Gasteiger partial charge in [0.2, 0.25) is 0 Å². The average Bonchev–Trinajstić information content (AvgIpc) is 2.26. The van der Waals surface area contributed by atoms with Gasteiger partial charge < -0.3 is 11.1 Å². The summed E-state index contributed by atoms with van der Waals surface area (Å²) in [5.41, 5.74) is 5.78. The summed E-state index contributed by atoms with van der Waals surface area (Å²) >= 11 is 4.76. The van der Waals surface area contributed by atoms with Gasteiger partial charge in [-0.05, 0) is 31.2 Å². The Labute approximate surface area is 118 Å². The minimum Gasteiger partial charge on any atom is -0.393 e. The summed E-state index contributed by atoms with van der Waals surface area (Å²) in [4.78, 5) is 12.4. The molecule has 0 radical (unpaired) electrons. The Balaban J connectivity index is 2.76. The molecule has 0 aliphatic rings. The van der Waals surface area contributed by atoms with Gasteiger partial charge in [0, 0.05) is 24.3 Å². The zero-order valence-corrected chi connectivity index (χ0v) is 12.3. The minimum atomic E-state index is -3.25. The highest BCUT2D eigenvalue weighted by molar-refractivity contribution is 7.90. The molecular weight excluding hydrogens is 284 g/mol. The molecule has 0 aromatic heterocycles. The molecule has 19 heavy (non-hydrogen) atoms. The maximum Gasteiger partial charge on any atom is 0.251 e. The average molecular weight is 300 g/mol. The Bertz CT molecular complexity index is 579. The Hall–Kier alpha value is -1.47. The van der Waals surface area contributed by atoms with E-state index in [0.717, 1.165) is 6.26 Å². The maximum absolute atomic E-state index is 11.9. The summed E-state index contributed by atoms with van der Waals surface area (Å²) in [6.45, 7) is 1.79. The second-order valence-corrected chi connectivity index (χ2v) is 6.88. The van der Waals surface area contributed by atoms with Gasteiger partial charge in [-0.15, -0.1) is 0 Å². The molecule has 0 bridgehead atoms. The molecule has 1 atom stereocenters. The first-order chi connectivity index (χ1) is 8.70. The lowest BCUT2D eigenvalue weighted by atomic mass is 10.2. The van der Waals surface area contributed by atoms with Gasteiger partial charge in [0.15, 0.2) is 9.84 Å². The molecule has 0 fully saturated rings. The lowest BCUT2D eigenvalue weighted by Gasteiger charge is -2.13. The molecule has 104 valence electrons. The van der Waals surface area contributed by atoms with Gasteiger partial charge in [-0.25, -0.2) is 8.42 Å². The highest BCUT2D eigenvalue weighted by Gasteiger charge is 2.12. The largest absolute Gasteiger partial charge is 0.393 e. The van der Waals surface area contributed by atoms with Gasteiger partial charge in [-0.2, -0.15) is 0 Å².